The van der Waals surface area contributed by atoms with Gasteiger partial charge in [0.25, 0.3) is 0 Å². The maximum Gasteiger partial charge on any atom is 0.165 e. The second-order valence-electron chi connectivity index (χ2n) is 4.63. The van der Waals surface area contributed by atoms with Crippen LogP contribution >= 0.6 is 11.6 Å². The molecule has 0 radical (unpaired) electrons. The summed E-state index contributed by atoms with van der Waals surface area (Å²) in [7, 11) is 0. The second kappa shape index (κ2) is 6.73. The molecule has 2 N–H and O–H groups in total. The molecule has 2 aromatic carbocycles. The number of benzene rings is 2. The first-order chi connectivity index (χ1) is 9.61. The maximum absolute atomic E-state index is 13.7. The third-order valence-corrected chi connectivity index (χ3v) is 3.40. The molecule has 1 unspecified atom stereocenters. The van der Waals surface area contributed by atoms with E-state index >= 15 is 0 Å². The Bertz CT molecular complexity index is 588. The summed E-state index contributed by atoms with van der Waals surface area (Å²) in [6.45, 7) is 2.02. The van der Waals surface area contributed by atoms with E-state index in [0.29, 0.717) is 17.2 Å². The fourth-order valence-electron chi connectivity index (χ4n) is 1.89. The van der Waals surface area contributed by atoms with Crippen LogP contribution in [0.2, 0.25) is 5.02 Å². The van der Waals surface area contributed by atoms with Crippen molar-refractivity contribution < 1.29 is 9.13 Å². The molecule has 0 amide bonds. The van der Waals surface area contributed by atoms with Crippen LogP contribution in [0.15, 0.2) is 42.5 Å². The Morgan fingerprint density at radius 1 is 1.20 bits per heavy atom. The predicted octanol–water partition coefficient (Wildman–Crippen LogP) is 4.55. The standard InChI is InChI=1S/C16H17ClFNO/c1-2-12(19)10-11-6-5-7-13(17)16(11)20-15-9-4-3-8-14(15)18/h3-9,12H,2,10,19H2,1H3. The lowest BCUT2D eigenvalue weighted by Gasteiger charge is -2.15. The average molecular weight is 294 g/mol. The summed E-state index contributed by atoms with van der Waals surface area (Å²) in [5.41, 5.74) is 6.86. The van der Waals surface area contributed by atoms with Crippen LogP contribution in [-0.2, 0) is 6.42 Å². The topological polar surface area (TPSA) is 35.2 Å². The van der Waals surface area contributed by atoms with Gasteiger partial charge in [-0.3, -0.25) is 0 Å². The summed E-state index contributed by atoms with van der Waals surface area (Å²) in [5, 5.41) is 0.453. The van der Waals surface area contributed by atoms with Gasteiger partial charge in [0.2, 0.25) is 0 Å². The van der Waals surface area contributed by atoms with E-state index in [9.17, 15) is 4.39 Å². The number of ether oxygens (including phenoxy) is 1. The zero-order valence-corrected chi connectivity index (χ0v) is 12.0. The summed E-state index contributed by atoms with van der Waals surface area (Å²) in [4.78, 5) is 0. The Balaban J connectivity index is 2.33. The highest BCUT2D eigenvalue weighted by Gasteiger charge is 2.13. The molecule has 1 atom stereocenters. The van der Waals surface area contributed by atoms with Gasteiger partial charge in [0.1, 0.15) is 5.75 Å². The molecule has 0 saturated heterocycles. The Kier molecular flexibility index (Phi) is 4.99. The molecule has 2 aromatic rings. The molecule has 0 saturated carbocycles. The zero-order valence-electron chi connectivity index (χ0n) is 11.3. The molecule has 2 nitrogen and oxygen atoms in total. The minimum absolute atomic E-state index is 0.0245. The molecule has 0 aliphatic heterocycles. The molecule has 20 heavy (non-hydrogen) atoms. The molecular formula is C16H17ClFNO. The third-order valence-electron chi connectivity index (χ3n) is 3.10. The van der Waals surface area contributed by atoms with E-state index in [-0.39, 0.29) is 11.8 Å². The molecule has 0 fully saturated rings. The SMILES string of the molecule is CCC(N)Cc1cccc(Cl)c1Oc1ccccc1F. The lowest BCUT2D eigenvalue weighted by molar-refractivity contribution is 0.435. The van der Waals surface area contributed by atoms with E-state index in [1.807, 2.05) is 19.1 Å². The number of nitrogens with two attached hydrogens (primary N) is 1. The summed E-state index contributed by atoms with van der Waals surface area (Å²) < 4.78 is 19.3. The van der Waals surface area contributed by atoms with E-state index in [2.05, 4.69) is 0 Å². The van der Waals surface area contributed by atoms with Crippen LogP contribution in [-0.4, -0.2) is 6.04 Å². The Morgan fingerprint density at radius 2 is 1.95 bits per heavy atom. The minimum Gasteiger partial charge on any atom is -0.452 e. The van der Waals surface area contributed by atoms with Crippen molar-refractivity contribution in [2.24, 2.45) is 5.73 Å². The van der Waals surface area contributed by atoms with Gasteiger partial charge in [0, 0.05) is 6.04 Å². The van der Waals surface area contributed by atoms with Crippen LogP contribution in [0.25, 0.3) is 0 Å². The molecule has 0 bridgehead atoms. The summed E-state index contributed by atoms with van der Waals surface area (Å²) >= 11 is 6.17. The first-order valence-electron chi connectivity index (χ1n) is 6.57. The number of halogens is 2. The highest BCUT2D eigenvalue weighted by Crippen LogP contribution is 2.34. The Hall–Kier alpha value is -1.58. The van der Waals surface area contributed by atoms with Crippen molar-refractivity contribution in [3.8, 4) is 11.5 Å². The van der Waals surface area contributed by atoms with Crippen LogP contribution in [0.3, 0.4) is 0 Å². The number of para-hydroxylation sites is 2. The van der Waals surface area contributed by atoms with E-state index in [0.717, 1.165) is 12.0 Å². The molecule has 106 valence electrons. The first-order valence-corrected chi connectivity index (χ1v) is 6.95. The molecule has 0 aliphatic rings. The summed E-state index contributed by atoms with van der Waals surface area (Å²) in [6, 6.07) is 11.7. The normalized spacial score (nSPS) is 12.2. The number of hydrogen-bond donors (Lipinski definition) is 1. The monoisotopic (exact) mass is 293 g/mol. The molecule has 0 aliphatic carbocycles. The van der Waals surface area contributed by atoms with E-state index in [1.165, 1.54) is 6.07 Å². The molecule has 4 heteroatoms. The van der Waals surface area contributed by atoms with Crippen molar-refractivity contribution in [2.45, 2.75) is 25.8 Å². The van der Waals surface area contributed by atoms with Crippen LogP contribution in [0, 0.1) is 5.82 Å². The molecule has 0 spiro atoms. The van der Waals surface area contributed by atoms with E-state index < -0.39 is 5.82 Å². The Morgan fingerprint density at radius 3 is 2.65 bits per heavy atom. The predicted molar refractivity (Wildman–Crippen MR) is 79.9 cm³/mol. The van der Waals surface area contributed by atoms with Gasteiger partial charge >= 0.3 is 0 Å². The van der Waals surface area contributed by atoms with Crippen molar-refractivity contribution in [3.63, 3.8) is 0 Å². The minimum atomic E-state index is -0.418. The van der Waals surface area contributed by atoms with Gasteiger partial charge in [-0.15, -0.1) is 0 Å². The fourth-order valence-corrected chi connectivity index (χ4v) is 2.13. The Labute approximate surface area is 123 Å². The highest BCUT2D eigenvalue weighted by molar-refractivity contribution is 6.32. The van der Waals surface area contributed by atoms with Crippen molar-refractivity contribution in [3.05, 3.63) is 58.9 Å². The molecular weight excluding hydrogens is 277 g/mol. The van der Waals surface area contributed by atoms with Gasteiger partial charge in [-0.05, 0) is 36.6 Å². The highest BCUT2D eigenvalue weighted by atomic mass is 35.5. The van der Waals surface area contributed by atoms with Crippen molar-refractivity contribution in [2.75, 3.05) is 0 Å². The van der Waals surface area contributed by atoms with E-state index in [4.69, 9.17) is 22.1 Å². The van der Waals surface area contributed by atoms with Gasteiger partial charge in [-0.2, -0.15) is 0 Å². The van der Waals surface area contributed by atoms with Gasteiger partial charge < -0.3 is 10.5 Å². The van der Waals surface area contributed by atoms with Crippen molar-refractivity contribution >= 4 is 11.6 Å². The third kappa shape index (κ3) is 3.50. The first kappa shape index (κ1) is 14.8. The molecule has 0 aromatic heterocycles. The summed E-state index contributed by atoms with van der Waals surface area (Å²) in [6.07, 6.45) is 1.49. The van der Waals surface area contributed by atoms with Gasteiger partial charge in [-0.25, -0.2) is 4.39 Å². The largest absolute Gasteiger partial charge is 0.452 e. The van der Waals surface area contributed by atoms with Crippen molar-refractivity contribution in [1.29, 1.82) is 0 Å². The smallest absolute Gasteiger partial charge is 0.165 e. The number of hydrogen-bond acceptors (Lipinski definition) is 2. The quantitative estimate of drug-likeness (QED) is 0.877. The van der Waals surface area contributed by atoms with Gasteiger partial charge in [0.15, 0.2) is 11.6 Å². The van der Waals surface area contributed by atoms with Gasteiger partial charge in [-0.1, -0.05) is 42.8 Å². The van der Waals surface area contributed by atoms with Crippen LogP contribution in [0.4, 0.5) is 4.39 Å². The average Bonchev–Trinajstić information content (AvgIpc) is 2.44. The van der Waals surface area contributed by atoms with Crippen LogP contribution < -0.4 is 10.5 Å². The summed E-state index contributed by atoms with van der Waals surface area (Å²) in [5.74, 6) is 0.216. The lowest BCUT2D eigenvalue weighted by Crippen LogP contribution is -2.21. The molecule has 2 rings (SSSR count). The zero-order chi connectivity index (χ0) is 14.5. The van der Waals surface area contributed by atoms with Crippen molar-refractivity contribution in [1.82, 2.24) is 0 Å². The van der Waals surface area contributed by atoms with Gasteiger partial charge in [0.05, 0.1) is 5.02 Å². The van der Waals surface area contributed by atoms with E-state index in [1.54, 1.807) is 24.3 Å². The second-order valence-corrected chi connectivity index (χ2v) is 5.04. The van der Waals surface area contributed by atoms with Crippen LogP contribution in [0.1, 0.15) is 18.9 Å². The molecule has 0 heterocycles. The lowest BCUT2D eigenvalue weighted by atomic mass is 10.0. The fraction of sp³-hybridized carbons (Fsp3) is 0.250. The number of rotatable bonds is 5. The maximum atomic E-state index is 13.7. The van der Waals surface area contributed by atoms with Crippen LogP contribution in [0.5, 0.6) is 11.5 Å².